The van der Waals surface area contributed by atoms with E-state index < -0.39 is 5.91 Å². The molecule has 6 nitrogen and oxygen atoms in total. The Morgan fingerprint density at radius 3 is 2.36 bits per heavy atom. The largest absolute Gasteiger partial charge is 0.321 e. The van der Waals surface area contributed by atoms with Gasteiger partial charge in [-0.25, -0.2) is 4.98 Å². The van der Waals surface area contributed by atoms with Crippen molar-refractivity contribution in [2.75, 3.05) is 10.2 Å². The van der Waals surface area contributed by atoms with Gasteiger partial charge in [0.1, 0.15) is 11.6 Å². The number of nitriles is 1. The molecule has 138 valence electrons. The SMILES string of the molecule is CC(=O)N(c1ccccc1)c1nc(/C=C(\C#N)C(=O)Nc2ccccc2)cs1. The van der Waals surface area contributed by atoms with Crippen molar-refractivity contribution in [2.24, 2.45) is 0 Å². The third-order valence-electron chi connectivity index (χ3n) is 3.72. The first-order valence-electron chi connectivity index (χ1n) is 8.38. The number of carbonyl (C=O) groups is 2. The summed E-state index contributed by atoms with van der Waals surface area (Å²) in [7, 11) is 0. The van der Waals surface area contributed by atoms with Crippen LogP contribution in [-0.4, -0.2) is 16.8 Å². The van der Waals surface area contributed by atoms with Gasteiger partial charge in [-0.2, -0.15) is 5.26 Å². The average molecular weight is 388 g/mol. The summed E-state index contributed by atoms with van der Waals surface area (Å²) in [5, 5.41) is 14.2. The topological polar surface area (TPSA) is 86.1 Å². The average Bonchev–Trinajstić information content (AvgIpc) is 3.15. The number of hydrogen-bond donors (Lipinski definition) is 1. The first-order chi connectivity index (χ1) is 13.6. The number of para-hydroxylation sites is 2. The van der Waals surface area contributed by atoms with Crippen molar-refractivity contribution in [1.29, 1.82) is 5.26 Å². The summed E-state index contributed by atoms with van der Waals surface area (Å²) in [6, 6.07) is 19.9. The predicted molar refractivity (Wildman–Crippen MR) is 110 cm³/mol. The second-order valence-electron chi connectivity index (χ2n) is 5.73. The van der Waals surface area contributed by atoms with E-state index in [9.17, 15) is 14.9 Å². The van der Waals surface area contributed by atoms with Gasteiger partial charge in [-0.1, -0.05) is 36.4 Å². The molecular weight excluding hydrogens is 372 g/mol. The Morgan fingerprint density at radius 2 is 1.75 bits per heavy atom. The van der Waals surface area contributed by atoms with Crippen molar-refractivity contribution < 1.29 is 9.59 Å². The molecule has 3 rings (SSSR count). The highest BCUT2D eigenvalue weighted by atomic mass is 32.1. The second-order valence-corrected chi connectivity index (χ2v) is 6.57. The summed E-state index contributed by atoms with van der Waals surface area (Å²) in [4.78, 5) is 30.3. The highest BCUT2D eigenvalue weighted by molar-refractivity contribution is 7.14. The molecule has 0 atom stereocenters. The lowest BCUT2D eigenvalue weighted by atomic mass is 10.2. The molecular formula is C21H16N4O2S. The molecule has 2 amide bonds. The van der Waals surface area contributed by atoms with E-state index in [1.54, 1.807) is 29.6 Å². The maximum atomic E-state index is 12.3. The molecule has 0 unspecified atom stereocenters. The molecule has 0 spiro atoms. The Morgan fingerprint density at radius 1 is 1.11 bits per heavy atom. The fourth-order valence-corrected chi connectivity index (χ4v) is 3.31. The third-order valence-corrected chi connectivity index (χ3v) is 4.56. The van der Waals surface area contributed by atoms with Gasteiger partial charge in [-0.15, -0.1) is 11.3 Å². The molecule has 0 fully saturated rings. The van der Waals surface area contributed by atoms with Gasteiger partial charge in [0, 0.05) is 18.0 Å². The van der Waals surface area contributed by atoms with Crippen LogP contribution >= 0.6 is 11.3 Å². The zero-order valence-corrected chi connectivity index (χ0v) is 15.8. The molecule has 1 aromatic heterocycles. The quantitative estimate of drug-likeness (QED) is 0.519. The van der Waals surface area contributed by atoms with E-state index in [0.29, 0.717) is 22.2 Å². The van der Waals surface area contributed by atoms with Gasteiger partial charge < -0.3 is 5.32 Å². The fourth-order valence-electron chi connectivity index (χ4n) is 2.47. The van der Waals surface area contributed by atoms with Crippen LogP contribution in [0.4, 0.5) is 16.5 Å². The van der Waals surface area contributed by atoms with Gasteiger partial charge >= 0.3 is 0 Å². The lowest BCUT2D eigenvalue weighted by Crippen LogP contribution is -2.22. The monoisotopic (exact) mass is 388 g/mol. The summed E-state index contributed by atoms with van der Waals surface area (Å²) in [5.74, 6) is -0.701. The number of aromatic nitrogens is 1. The molecule has 3 aromatic rings. The van der Waals surface area contributed by atoms with Crippen LogP contribution < -0.4 is 10.2 Å². The van der Waals surface area contributed by atoms with Crippen LogP contribution in [0.2, 0.25) is 0 Å². The maximum Gasteiger partial charge on any atom is 0.266 e. The lowest BCUT2D eigenvalue weighted by molar-refractivity contribution is -0.116. The highest BCUT2D eigenvalue weighted by Crippen LogP contribution is 2.29. The molecule has 1 N–H and O–H groups in total. The Hall–Kier alpha value is -3.76. The summed E-state index contributed by atoms with van der Waals surface area (Å²) < 4.78 is 0. The predicted octanol–water partition coefficient (Wildman–Crippen LogP) is 4.37. The van der Waals surface area contributed by atoms with Crippen molar-refractivity contribution in [3.63, 3.8) is 0 Å². The van der Waals surface area contributed by atoms with Gasteiger partial charge in [0.15, 0.2) is 5.13 Å². The number of hydrogen-bond acceptors (Lipinski definition) is 5. The zero-order valence-electron chi connectivity index (χ0n) is 15.0. The lowest BCUT2D eigenvalue weighted by Gasteiger charge is -2.17. The molecule has 2 aromatic carbocycles. The van der Waals surface area contributed by atoms with Crippen LogP contribution in [0.15, 0.2) is 71.6 Å². The van der Waals surface area contributed by atoms with Crippen LogP contribution in [0.3, 0.4) is 0 Å². The van der Waals surface area contributed by atoms with E-state index in [0.717, 1.165) is 0 Å². The van der Waals surface area contributed by atoms with E-state index in [1.807, 2.05) is 42.5 Å². The minimum atomic E-state index is -0.519. The maximum absolute atomic E-state index is 12.3. The van der Waals surface area contributed by atoms with Crippen molar-refractivity contribution >= 4 is 45.7 Å². The fraction of sp³-hybridized carbons (Fsp3) is 0.0476. The number of nitrogens with one attached hydrogen (secondary N) is 1. The van der Waals surface area contributed by atoms with Gasteiger partial charge in [0.05, 0.1) is 11.4 Å². The number of anilines is 3. The minimum absolute atomic E-state index is 0.0743. The molecule has 0 saturated heterocycles. The molecule has 0 aliphatic rings. The molecule has 0 saturated carbocycles. The Labute approximate surface area is 166 Å². The third kappa shape index (κ3) is 4.50. The summed E-state index contributed by atoms with van der Waals surface area (Å²) in [6.45, 7) is 1.46. The number of carbonyl (C=O) groups excluding carboxylic acids is 2. The molecule has 1 heterocycles. The van der Waals surface area contributed by atoms with E-state index in [1.165, 1.54) is 29.2 Å². The van der Waals surface area contributed by atoms with Crippen molar-refractivity contribution in [1.82, 2.24) is 4.98 Å². The Bertz CT molecular complexity index is 1050. The molecule has 0 aliphatic heterocycles. The van der Waals surface area contributed by atoms with Gasteiger partial charge in [0.25, 0.3) is 5.91 Å². The molecule has 28 heavy (non-hydrogen) atoms. The first-order valence-corrected chi connectivity index (χ1v) is 9.26. The van der Waals surface area contributed by atoms with Crippen LogP contribution in [0, 0.1) is 11.3 Å². The number of nitrogens with zero attached hydrogens (tertiary/aromatic N) is 3. The van der Waals surface area contributed by atoms with E-state index in [-0.39, 0.29) is 11.5 Å². The minimum Gasteiger partial charge on any atom is -0.321 e. The molecule has 0 aliphatic carbocycles. The van der Waals surface area contributed by atoms with E-state index in [2.05, 4.69) is 10.3 Å². The molecule has 0 bridgehead atoms. The van der Waals surface area contributed by atoms with Crippen molar-refractivity contribution in [2.45, 2.75) is 6.92 Å². The highest BCUT2D eigenvalue weighted by Gasteiger charge is 2.18. The van der Waals surface area contributed by atoms with Crippen molar-refractivity contribution in [3.8, 4) is 6.07 Å². The van der Waals surface area contributed by atoms with Crippen molar-refractivity contribution in [3.05, 3.63) is 77.3 Å². The summed E-state index contributed by atoms with van der Waals surface area (Å²) >= 11 is 1.26. The van der Waals surface area contributed by atoms with Crippen LogP contribution in [0.5, 0.6) is 0 Å². The van der Waals surface area contributed by atoms with Crippen LogP contribution in [-0.2, 0) is 9.59 Å². The number of rotatable bonds is 5. The Balaban J connectivity index is 1.84. The first kappa shape index (κ1) is 19.0. The second kappa shape index (κ2) is 8.75. The normalized spacial score (nSPS) is 10.8. The van der Waals surface area contributed by atoms with E-state index in [4.69, 9.17) is 0 Å². The van der Waals surface area contributed by atoms with Gasteiger partial charge in [-0.3, -0.25) is 14.5 Å². The summed E-state index contributed by atoms with van der Waals surface area (Å²) in [5.41, 5.74) is 1.65. The Kier molecular flexibility index (Phi) is 5.94. The number of thiazole rings is 1. The smallest absolute Gasteiger partial charge is 0.266 e. The number of benzene rings is 2. The standard InChI is InChI=1S/C21H16N4O2S/c1-15(26)25(19-10-6-3-7-11-19)21-24-18(14-28-21)12-16(13-22)20(27)23-17-8-4-2-5-9-17/h2-12,14H,1H3,(H,23,27)/b16-12+. The van der Waals surface area contributed by atoms with Crippen LogP contribution in [0.1, 0.15) is 12.6 Å². The summed E-state index contributed by atoms with van der Waals surface area (Å²) in [6.07, 6.45) is 1.40. The number of amides is 2. The molecule has 7 heteroatoms. The van der Waals surface area contributed by atoms with Gasteiger partial charge in [-0.05, 0) is 30.3 Å². The molecule has 0 radical (unpaired) electrons. The zero-order chi connectivity index (χ0) is 19.9. The van der Waals surface area contributed by atoms with E-state index >= 15 is 0 Å². The van der Waals surface area contributed by atoms with Crippen LogP contribution in [0.25, 0.3) is 6.08 Å². The van der Waals surface area contributed by atoms with Gasteiger partial charge in [0.2, 0.25) is 5.91 Å².